The van der Waals surface area contributed by atoms with E-state index in [0.29, 0.717) is 32.2 Å². The van der Waals surface area contributed by atoms with Crippen LogP contribution in [0.3, 0.4) is 0 Å². The number of likely N-dealkylation sites (tertiary alicyclic amines) is 1. The molecule has 0 aliphatic carbocycles. The van der Waals surface area contributed by atoms with Crippen molar-refractivity contribution in [3.05, 3.63) is 0 Å². The molecule has 1 fully saturated rings. The lowest BCUT2D eigenvalue weighted by atomic mass is 9.98. The second kappa shape index (κ2) is 24.3. The highest BCUT2D eigenvalue weighted by atomic mass is 16.6. The average molecular weight is 696 g/mol. The van der Waals surface area contributed by atoms with Crippen molar-refractivity contribution in [1.82, 2.24) is 4.90 Å². The third-order valence-corrected chi connectivity index (χ3v) is 9.32. The van der Waals surface area contributed by atoms with Crippen molar-refractivity contribution in [3.63, 3.8) is 0 Å². The Morgan fingerprint density at radius 2 is 1.20 bits per heavy atom. The number of hydrogen-bond donors (Lipinski definition) is 2. The maximum atomic E-state index is 14.3. The molecule has 4 N–H and O–H groups in total. The smallest absolute Gasteiger partial charge is 0.414 e. The number of aldehydes is 1. The lowest BCUT2D eigenvalue weighted by molar-refractivity contribution is -0.716. The van der Waals surface area contributed by atoms with E-state index >= 15 is 0 Å². The van der Waals surface area contributed by atoms with Gasteiger partial charge in [0, 0.05) is 6.42 Å². The molecule has 49 heavy (non-hydrogen) atoms. The topological polar surface area (TPSA) is 142 Å². The summed E-state index contributed by atoms with van der Waals surface area (Å²) in [6.45, 7) is 12.5. The number of nitrogens with zero attached hydrogens (tertiary/aromatic N) is 2. The normalized spacial score (nSPS) is 16.7. The van der Waals surface area contributed by atoms with Crippen LogP contribution in [0.1, 0.15) is 176 Å². The zero-order valence-electron chi connectivity index (χ0n) is 32.4. The summed E-state index contributed by atoms with van der Waals surface area (Å²) in [5, 5.41) is 0. The van der Waals surface area contributed by atoms with E-state index in [1.165, 1.54) is 70.6 Å². The Morgan fingerprint density at radius 1 is 0.735 bits per heavy atom. The van der Waals surface area contributed by atoms with Gasteiger partial charge in [0.15, 0.2) is 0 Å². The molecule has 0 aromatic heterocycles. The number of quaternary nitrogens is 1. The van der Waals surface area contributed by atoms with E-state index < -0.39 is 39.8 Å². The van der Waals surface area contributed by atoms with Crippen molar-refractivity contribution in [2.75, 3.05) is 26.2 Å². The molecular weight excluding hydrogens is 620 g/mol. The third kappa shape index (κ3) is 18.8. The van der Waals surface area contributed by atoms with Crippen molar-refractivity contribution in [2.24, 2.45) is 11.5 Å². The predicted octanol–water partition coefficient (Wildman–Crippen LogP) is 8.56. The molecule has 1 aliphatic rings. The number of hydrogen-bond acceptors (Lipinski definition) is 9. The molecule has 10 heteroatoms. The van der Waals surface area contributed by atoms with Crippen LogP contribution in [0.5, 0.6) is 0 Å². The molecule has 0 saturated carbocycles. The summed E-state index contributed by atoms with van der Waals surface area (Å²) in [6, 6.07) is -1.20. The number of ether oxygens (including phenoxy) is 2. The van der Waals surface area contributed by atoms with Gasteiger partial charge in [0.25, 0.3) is 0 Å². The molecule has 286 valence electrons. The van der Waals surface area contributed by atoms with E-state index in [1.807, 2.05) is 0 Å². The second-order valence-electron chi connectivity index (χ2n) is 16.3. The standard InChI is InChI=1S/C39H75N4O6/c1-38(2,3)48-36(46)43(37(47)49-39(4,5)6,35(45)34(41)27-20-22-28-40)32-33-26-21-24-30-42(33)29-23-18-16-14-12-10-8-7-9-11-13-15-17-19-25-31-44/h31,33-34H,7-30,32,40-41H2,1-6H3/q+1. The predicted molar refractivity (Wildman–Crippen MR) is 198 cm³/mol. The summed E-state index contributed by atoms with van der Waals surface area (Å²) in [4.78, 5) is 55.3. The van der Waals surface area contributed by atoms with Crippen LogP contribution in [0.15, 0.2) is 0 Å². The maximum Gasteiger partial charge on any atom is 0.535 e. The fourth-order valence-corrected chi connectivity index (χ4v) is 6.63. The highest BCUT2D eigenvalue weighted by Crippen LogP contribution is 2.29. The van der Waals surface area contributed by atoms with Gasteiger partial charge in [-0.1, -0.05) is 88.0 Å². The number of nitrogens with two attached hydrogens (primary N) is 2. The van der Waals surface area contributed by atoms with Gasteiger partial charge in [-0.3, -0.25) is 4.90 Å². The van der Waals surface area contributed by atoms with Crippen LogP contribution < -0.4 is 11.5 Å². The fourth-order valence-electron chi connectivity index (χ4n) is 6.63. The Kier molecular flexibility index (Phi) is 22.4. The summed E-state index contributed by atoms with van der Waals surface area (Å²) >= 11 is 0. The van der Waals surface area contributed by atoms with Crippen LogP contribution in [0, 0.1) is 0 Å². The first-order valence-corrected chi connectivity index (χ1v) is 19.7. The quantitative estimate of drug-likeness (QED) is 0.0577. The third-order valence-electron chi connectivity index (χ3n) is 9.32. The Bertz CT molecular complexity index is 917. The zero-order valence-corrected chi connectivity index (χ0v) is 32.4. The minimum absolute atomic E-state index is 0.0482. The molecule has 1 heterocycles. The first-order valence-electron chi connectivity index (χ1n) is 19.7. The summed E-state index contributed by atoms with van der Waals surface area (Å²) in [6.07, 6.45) is 21.5. The molecule has 0 radical (unpaired) electrons. The first-order chi connectivity index (χ1) is 23.2. The molecular formula is C39H75N4O6+. The van der Waals surface area contributed by atoms with Gasteiger partial charge in [-0.05, 0) is 106 Å². The first kappa shape index (κ1) is 45.1. The molecule has 0 aromatic carbocycles. The molecule has 1 saturated heterocycles. The van der Waals surface area contributed by atoms with Gasteiger partial charge in [0.1, 0.15) is 30.1 Å². The number of amides is 3. The van der Waals surface area contributed by atoms with Crippen molar-refractivity contribution in [3.8, 4) is 0 Å². The largest absolute Gasteiger partial charge is 0.535 e. The van der Waals surface area contributed by atoms with E-state index in [9.17, 15) is 19.2 Å². The van der Waals surface area contributed by atoms with Gasteiger partial charge in [-0.2, -0.15) is 9.59 Å². The SMILES string of the molecule is CC(C)(C)OC(=O)[N+](CC1CCCCN1CCCCCCCCCCCCCCCCC=O)(C(=O)OC(C)(C)C)C(=O)C(N)CCCCN. The van der Waals surface area contributed by atoms with E-state index in [1.54, 1.807) is 41.5 Å². The van der Waals surface area contributed by atoms with E-state index in [-0.39, 0.29) is 12.6 Å². The van der Waals surface area contributed by atoms with Crippen molar-refractivity contribution in [1.29, 1.82) is 0 Å². The molecule has 0 bridgehead atoms. The van der Waals surface area contributed by atoms with E-state index in [2.05, 4.69) is 4.90 Å². The van der Waals surface area contributed by atoms with Crippen LogP contribution >= 0.6 is 0 Å². The van der Waals surface area contributed by atoms with E-state index in [0.717, 1.165) is 57.9 Å². The molecule has 0 spiro atoms. The van der Waals surface area contributed by atoms with Crippen molar-refractivity contribution >= 4 is 24.4 Å². The summed E-state index contributed by atoms with van der Waals surface area (Å²) in [5.74, 6) is -0.669. The van der Waals surface area contributed by atoms with Crippen LogP contribution in [0.4, 0.5) is 9.59 Å². The number of rotatable bonds is 24. The van der Waals surface area contributed by atoms with Gasteiger partial charge >= 0.3 is 18.1 Å². The highest BCUT2D eigenvalue weighted by Gasteiger charge is 2.60. The lowest BCUT2D eigenvalue weighted by Crippen LogP contribution is -2.70. The fraction of sp³-hybridized carbons (Fsp3) is 0.897. The van der Waals surface area contributed by atoms with Gasteiger partial charge in [0.2, 0.25) is 0 Å². The van der Waals surface area contributed by atoms with Crippen LogP contribution in [-0.4, -0.2) is 83.2 Å². The Balaban J connectivity index is 2.83. The summed E-state index contributed by atoms with van der Waals surface area (Å²) < 4.78 is 10.4. The molecule has 2 atom stereocenters. The van der Waals surface area contributed by atoms with E-state index in [4.69, 9.17) is 20.9 Å². The minimum Gasteiger partial charge on any atom is -0.414 e. The number of piperidine rings is 1. The number of carbonyl (C=O) groups excluding carboxylic acids is 4. The number of unbranched alkanes of at least 4 members (excludes halogenated alkanes) is 15. The number of carbonyl (C=O) groups is 4. The molecule has 1 aliphatic heterocycles. The van der Waals surface area contributed by atoms with Crippen LogP contribution in [0.25, 0.3) is 0 Å². The Labute approximate surface area is 299 Å². The minimum atomic E-state index is -1.19. The molecule has 0 aromatic rings. The molecule has 2 unspecified atom stereocenters. The van der Waals surface area contributed by atoms with Crippen molar-refractivity contribution < 1.29 is 33.1 Å². The monoisotopic (exact) mass is 696 g/mol. The summed E-state index contributed by atoms with van der Waals surface area (Å²) in [7, 11) is 0. The molecule has 3 amide bonds. The van der Waals surface area contributed by atoms with Crippen LogP contribution in [0.2, 0.25) is 0 Å². The highest BCUT2D eigenvalue weighted by molar-refractivity contribution is 5.95. The lowest BCUT2D eigenvalue weighted by Gasteiger charge is -2.41. The molecule has 10 nitrogen and oxygen atoms in total. The Hall–Kier alpha value is -1.88. The summed E-state index contributed by atoms with van der Waals surface area (Å²) in [5.41, 5.74) is 10.3. The number of imide groups is 3. The Morgan fingerprint density at radius 3 is 1.65 bits per heavy atom. The average Bonchev–Trinajstić information content (AvgIpc) is 3.02. The molecule has 1 rings (SSSR count). The van der Waals surface area contributed by atoms with Gasteiger partial charge in [0.05, 0.1) is 6.04 Å². The second-order valence-corrected chi connectivity index (χ2v) is 16.3. The van der Waals surface area contributed by atoms with Gasteiger partial charge in [-0.15, -0.1) is 0 Å². The van der Waals surface area contributed by atoms with Crippen molar-refractivity contribution in [2.45, 2.75) is 200 Å². The van der Waals surface area contributed by atoms with Gasteiger partial charge < -0.3 is 25.7 Å². The maximum absolute atomic E-state index is 14.3. The van der Waals surface area contributed by atoms with Gasteiger partial charge in [-0.25, -0.2) is 4.79 Å². The zero-order chi connectivity index (χ0) is 36.8. The van der Waals surface area contributed by atoms with Crippen LogP contribution in [-0.2, 0) is 19.1 Å².